The van der Waals surface area contributed by atoms with Gasteiger partial charge in [-0.25, -0.2) is 4.39 Å². The number of Topliss-reactive ketones (excluding diaryl/α,β-unsaturated/α-hetero) is 1. The van der Waals surface area contributed by atoms with E-state index < -0.39 is 5.82 Å². The quantitative estimate of drug-likeness (QED) is 0.868. The second kappa shape index (κ2) is 5.74. The molecular weight excluding hydrogens is 285 g/mol. The number of piperidine rings is 1. The molecule has 4 heteroatoms. The number of benzene rings is 1. The van der Waals surface area contributed by atoms with Gasteiger partial charge < -0.3 is 5.32 Å². The second-order valence-electron chi connectivity index (χ2n) is 4.40. The Hall–Kier alpha value is -0.740. The lowest BCUT2D eigenvalue weighted by atomic mass is 9.97. The molecule has 0 aromatic heterocycles. The molecule has 1 N–H and O–H groups in total. The van der Waals surface area contributed by atoms with Crippen molar-refractivity contribution in [2.45, 2.75) is 31.7 Å². The molecule has 1 unspecified atom stereocenters. The molecule has 0 bridgehead atoms. The lowest BCUT2D eigenvalue weighted by Gasteiger charge is -2.22. The number of nitrogens with one attached hydrogen (secondary N) is 1. The molecular formula is C13H15BrFNO. The van der Waals surface area contributed by atoms with Crippen molar-refractivity contribution < 1.29 is 9.18 Å². The molecule has 17 heavy (non-hydrogen) atoms. The van der Waals surface area contributed by atoms with Crippen LogP contribution in [0.4, 0.5) is 4.39 Å². The fourth-order valence-corrected chi connectivity index (χ4v) is 2.50. The molecule has 1 aromatic carbocycles. The maximum Gasteiger partial charge on any atom is 0.167 e. The number of carbonyl (C=O) groups is 1. The maximum atomic E-state index is 13.5. The molecule has 1 atom stereocenters. The summed E-state index contributed by atoms with van der Waals surface area (Å²) in [6.45, 7) is 0.957. The van der Waals surface area contributed by atoms with Crippen molar-refractivity contribution in [3.05, 3.63) is 34.1 Å². The molecule has 0 radical (unpaired) electrons. The predicted molar refractivity (Wildman–Crippen MR) is 68.7 cm³/mol. The van der Waals surface area contributed by atoms with Crippen LogP contribution in [0.5, 0.6) is 0 Å². The van der Waals surface area contributed by atoms with Gasteiger partial charge in [-0.15, -0.1) is 0 Å². The molecule has 1 aliphatic heterocycles. The van der Waals surface area contributed by atoms with Gasteiger partial charge in [-0.1, -0.05) is 22.4 Å². The highest BCUT2D eigenvalue weighted by Crippen LogP contribution is 2.19. The average Bonchev–Trinajstić information content (AvgIpc) is 2.33. The van der Waals surface area contributed by atoms with Gasteiger partial charge in [0.15, 0.2) is 5.78 Å². The van der Waals surface area contributed by atoms with Crippen molar-refractivity contribution in [2.24, 2.45) is 0 Å². The number of halogens is 2. The van der Waals surface area contributed by atoms with Crippen LogP contribution in [-0.2, 0) is 0 Å². The molecule has 1 aromatic rings. The van der Waals surface area contributed by atoms with Crippen LogP contribution in [0, 0.1) is 5.82 Å². The molecule has 2 nitrogen and oxygen atoms in total. The largest absolute Gasteiger partial charge is 0.314 e. The van der Waals surface area contributed by atoms with E-state index in [1.165, 1.54) is 6.07 Å². The number of ketones is 1. The van der Waals surface area contributed by atoms with Crippen molar-refractivity contribution in [1.29, 1.82) is 0 Å². The van der Waals surface area contributed by atoms with Gasteiger partial charge in [0, 0.05) is 16.9 Å². The molecule has 92 valence electrons. The van der Waals surface area contributed by atoms with Gasteiger partial charge in [0.25, 0.3) is 0 Å². The van der Waals surface area contributed by atoms with E-state index in [4.69, 9.17) is 0 Å². The Morgan fingerprint density at radius 2 is 2.29 bits per heavy atom. The Labute approximate surface area is 109 Å². The van der Waals surface area contributed by atoms with Crippen molar-refractivity contribution >= 4 is 21.7 Å². The summed E-state index contributed by atoms with van der Waals surface area (Å²) in [6, 6.07) is 4.69. The van der Waals surface area contributed by atoms with Crippen LogP contribution in [0.3, 0.4) is 0 Å². The van der Waals surface area contributed by atoms with Gasteiger partial charge in [-0.3, -0.25) is 4.79 Å². The Morgan fingerprint density at radius 3 is 3.00 bits per heavy atom. The normalized spacial score (nSPS) is 20.2. The van der Waals surface area contributed by atoms with Crippen LogP contribution < -0.4 is 5.32 Å². The highest BCUT2D eigenvalue weighted by Gasteiger charge is 2.19. The fourth-order valence-electron chi connectivity index (χ4n) is 2.14. The third-order valence-electron chi connectivity index (χ3n) is 3.07. The molecule has 1 fully saturated rings. The van der Waals surface area contributed by atoms with Crippen molar-refractivity contribution in [3.63, 3.8) is 0 Å². The van der Waals surface area contributed by atoms with Gasteiger partial charge in [0.2, 0.25) is 0 Å². The SMILES string of the molecule is O=C(CC1CCCCN1)c1cc(Br)ccc1F. The first-order chi connectivity index (χ1) is 8.16. The summed E-state index contributed by atoms with van der Waals surface area (Å²) in [7, 11) is 0. The average molecular weight is 300 g/mol. The number of carbonyl (C=O) groups excluding carboxylic acids is 1. The van der Waals surface area contributed by atoms with Crippen LogP contribution >= 0.6 is 15.9 Å². The summed E-state index contributed by atoms with van der Waals surface area (Å²) < 4.78 is 14.2. The predicted octanol–water partition coefficient (Wildman–Crippen LogP) is 3.30. The third-order valence-corrected chi connectivity index (χ3v) is 3.57. The van der Waals surface area contributed by atoms with E-state index in [2.05, 4.69) is 21.2 Å². The molecule has 1 heterocycles. The Morgan fingerprint density at radius 1 is 1.47 bits per heavy atom. The third kappa shape index (κ3) is 3.36. The lowest BCUT2D eigenvalue weighted by molar-refractivity contribution is 0.0959. The van der Waals surface area contributed by atoms with E-state index in [1.54, 1.807) is 12.1 Å². The Balaban J connectivity index is 2.05. The van der Waals surface area contributed by atoms with E-state index >= 15 is 0 Å². The van der Waals surface area contributed by atoms with Crippen LogP contribution in [-0.4, -0.2) is 18.4 Å². The first-order valence-corrected chi connectivity index (χ1v) is 6.68. The van der Waals surface area contributed by atoms with Gasteiger partial charge in [-0.2, -0.15) is 0 Å². The van der Waals surface area contributed by atoms with Gasteiger partial charge in [0.1, 0.15) is 5.82 Å². The first kappa shape index (κ1) is 12.7. The fraction of sp³-hybridized carbons (Fsp3) is 0.462. The number of hydrogen-bond donors (Lipinski definition) is 1. The summed E-state index contributed by atoms with van der Waals surface area (Å²) in [5.74, 6) is -0.558. The summed E-state index contributed by atoms with van der Waals surface area (Å²) in [5, 5.41) is 3.30. The van der Waals surface area contributed by atoms with Crippen molar-refractivity contribution in [3.8, 4) is 0 Å². The monoisotopic (exact) mass is 299 g/mol. The molecule has 1 saturated heterocycles. The summed E-state index contributed by atoms with van der Waals surface area (Å²) >= 11 is 3.26. The van der Waals surface area contributed by atoms with Crippen molar-refractivity contribution in [2.75, 3.05) is 6.54 Å². The number of rotatable bonds is 3. The Bertz CT molecular complexity index is 416. The van der Waals surface area contributed by atoms with E-state index in [1.807, 2.05) is 0 Å². The minimum Gasteiger partial charge on any atom is -0.314 e. The molecule has 0 saturated carbocycles. The van der Waals surface area contributed by atoms with Crippen molar-refractivity contribution in [1.82, 2.24) is 5.32 Å². The molecule has 0 amide bonds. The summed E-state index contributed by atoms with van der Waals surface area (Å²) in [5.41, 5.74) is 0.187. The van der Waals surface area contributed by atoms with Crippen LogP contribution in [0.1, 0.15) is 36.0 Å². The standard InChI is InChI=1S/C13H15BrFNO/c14-9-4-5-12(15)11(7-9)13(17)8-10-3-1-2-6-16-10/h4-5,7,10,16H,1-3,6,8H2. The highest BCUT2D eigenvalue weighted by molar-refractivity contribution is 9.10. The first-order valence-electron chi connectivity index (χ1n) is 5.88. The zero-order chi connectivity index (χ0) is 12.3. The van der Waals surface area contributed by atoms with Crippen LogP contribution in [0.15, 0.2) is 22.7 Å². The minimum absolute atomic E-state index is 0.122. The lowest BCUT2D eigenvalue weighted by Crippen LogP contribution is -2.35. The second-order valence-corrected chi connectivity index (χ2v) is 5.31. The summed E-state index contributed by atoms with van der Waals surface area (Å²) in [4.78, 5) is 12.0. The van der Waals surface area contributed by atoms with E-state index in [0.29, 0.717) is 6.42 Å². The van der Waals surface area contributed by atoms with Gasteiger partial charge in [-0.05, 0) is 37.6 Å². The van der Waals surface area contributed by atoms with E-state index in [-0.39, 0.29) is 17.4 Å². The zero-order valence-corrected chi connectivity index (χ0v) is 11.1. The summed E-state index contributed by atoms with van der Waals surface area (Å²) in [6.07, 6.45) is 3.69. The molecule has 0 spiro atoms. The molecule has 1 aliphatic rings. The topological polar surface area (TPSA) is 29.1 Å². The van der Waals surface area contributed by atoms with Gasteiger partial charge in [0.05, 0.1) is 5.56 Å². The number of hydrogen-bond acceptors (Lipinski definition) is 2. The maximum absolute atomic E-state index is 13.5. The molecule has 0 aliphatic carbocycles. The van der Waals surface area contributed by atoms with Crippen LogP contribution in [0.25, 0.3) is 0 Å². The highest BCUT2D eigenvalue weighted by atomic mass is 79.9. The van der Waals surface area contributed by atoms with Crippen LogP contribution in [0.2, 0.25) is 0 Å². The minimum atomic E-state index is -0.436. The smallest absolute Gasteiger partial charge is 0.167 e. The zero-order valence-electron chi connectivity index (χ0n) is 9.51. The van der Waals surface area contributed by atoms with E-state index in [0.717, 1.165) is 30.3 Å². The van der Waals surface area contributed by atoms with Gasteiger partial charge >= 0.3 is 0 Å². The van der Waals surface area contributed by atoms with E-state index in [9.17, 15) is 9.18 Å². The molecule has 2 rings (SSSR count). The Kier molecular flexibility index (Phi) is 4.29.